The van der Waals surface area contributed by atoms with Crippen LogP contribution in [-0.4, -0.2) is 20.9 Å². The summed E-state index contributed by atoms with van der Waals surface area (Å²) in [5.74, 6) is 0.327. The highest BCUT2D eigenvalue weighted by molar-refractivity contribution is 7.94. The lowest BCUT2D eigenvalue weighted by Gasteiger charge is -2.18. The molecule has 0 saturated heterocycles. The van der Waals surface area contributed by atoms with E-state index >= 15 is 0 Å². The molecule has 2 aliphatic rings. The number of carbonyl (C=O) groups excluding carboxylic acids is 1. The molecule has 1 amide bonds. The van der Waals surface area contributed by atoms with Gasteiger partial charge in [-0.3, -0.25) is 9.52 Å². The predicted molar refractivity (Wildman–Crippen MR) is 95.1 cm³/mol. The summed E-state index contributed by atoms with van der Waals surface area (Å²) in [5, 5.41) is 0. The fraction of sp³-hybridized carbons (Fsp3) is 0.353. The van der Waals surface area contributed by atoms with Gasteiger partial charge in [-0.2, -0.15) is 0 Å². The van der Waals surface area contributed by atoms with E-state index in [9.17, 15) is 13.2 Å². The van der Waals surface area contributed by atoms with Crippen LogP contribution in [0, 0.1) is 12.8 Å². The molecule has 1 N–H and O–H groups in total. The number of benzene rings is 1. The first kappa shape index (κ1) is 15.7. The highest BCUT2D eigenvalue weighted by Gasteiger charge is 2.36. The molecule has 7 heteroatoms. The van der Waals surface area contributed by atoms with Gasteiger partial charge < -0.3 is 4.90 Å². The van der Waals surface area contributed by atoms with Crippen molar-refractivity contribution in [3.8, 4) is 0 Å². The molecule has 0 spiro atoms. The second-order valence-corrected chi connectivity index (χ2v) is 9.53. The summed E-state index contributed by atoms with van der Waals surface area (Å²) in [6.45, 7) is 2.56. The maximum Gasteiger partial charge on any atom is 0.271 e. The zero-order valence-electron chi connectivity index (χ0n) is 13.3. The number of rotatable bonds is 4. The standard InChI is InChI=1S/C17H18N2O3S2/c1-11-2-7-16(23-11)24(21,22)18-14-6-5-12-8-9-19(15(12)10-14)17(20)13-3-4-13/h2,5-7,10,13,18H,3-4,8-9H2,1H3. The minimum absolute atomic E-state index is 0.158. The molecule has 0 atom stereocenters. The average molecular weight is 362 g/mol. The van der Waals surface area contributed by atoms with Crippen LogP contribution >= 0.6 is 11.3 Å². The van der Waals surface area contributed by atoms with Gasteiger partial charge in [0.25, 0.3) is 10.0 Å². The Morgan fingerprint density at radius 2 is 2.04 bits per heavy atom. The third-order valence-electron chi connectivity index (χ3n) is 4.41. The van der Waals surface area contributed by atoms with Gasteiger partial charge in [-0.1, -0.05) is 6.07 Å². The lowest BCUT2D eigenvalue weighted by atomic mass is 10.1. The normalized spacial score (nSPS) is 17.0. The Hall–Kier alpha value is -1.86. The molecule has 0 unspecified atom stereocenters. The van der Waals surface area contributed by atoms with Crippen molar-refractivity contribution in [3.05, 3.63) is 40.8 Å². The molecule has 2 aromatic rings. The first-order valence-electron chi connectivity index (χ1n) is 7.97. The second-order valence-electron chi connectivity index (χ2n) is 6.33. The molecule has 1 saturated carbocycles. The van der Waals surface area contributed by atoms with Crippen molar-refractivity contribution in [2.24, 2.45) is 5.92 Å². The lowest BCUT2D eigenvalue weighted by Crippen LogP contribution is -2.30. The van der Waals surface area contributed by atoms with E-state index < -0.39 is 10.0 Å². The summed E-state index contributed by atoms with van der Waals surface area (Å²) in [4.78, 5) is 15.1. The molecule has 1 aliphatic carbocycles. The van der Waals surface area contributed by atoms with Crippen LogP contribution < -0.4 is 9.62 Å². The van der Waals surface area contributed by atoms with Crippen LogP contribution in [0.4, 0.5) is 11.4 Å². The Morgan fingerprint density at radius 1 is 1.25 bits per heavy atom. The topological polar surface area (TPSA) is 66.5 Å². The van der Waals surface area contributed by atoms with E-state index in [1.165, 1.54) is 11.3 Å². The van der Waals surface area contributed by atoms with Crippen LogP contribution in [0.1, 0.15) is 23.3 Å². The van der Waals surface area contributed by atoms with E-state index in [-0.39, 0.29) is 11.8 Å². The van der Waals surface area contributed by atoms with Crippen molar-refractivity contribution >= 4 is 38.6 Å². The van der Waals surface area contributed by atoms with Gasteiger partial charge in [-0.15, -0.1) is 11.3 Å². The number of thiophene rings is 1. The number of carbonyl (C=O) groups is 1. The maximum atomic E-state index is 12.5. The molecule has 24 heavy (non-hydrogen) atoms. The SMILES string of the molecule is Cc1ccc(S(=O)(=O)Nc2ccc3c(c2)N(C(=O)C2CC2)CC3)s1. The quantitative estimate of drug-likeness (QED) is 0.908. The molecular formula is C17H18N2O3S2. The Kier molecular flexibility index (Phi) is 3.65. The maximum absolute atomic E-state index is 12.5. The average Bonchev–Trinajstić information content (AvgIpc) is 3.16. The third kappa shape index (κ3) is 2.82. The van der Waals surface area contributed by atoms with Crippen LogP contribution in [0.2, 0.25) is 0 Å². The number of hydrogen-bond acceptors (Lipinski definition) is 4. The van der Waals surface area contributed by atoms with Crippen molar-refractivity contribution in [1.29, 1.82) is 0 Å². The highest BCUT2D eigenvalue weighted by Crippen LogP contribution is 2.38. The van der Waals surface area contributed by atoms with E-state index in [2.05, 4.69) is 4.72 Å². The highest BCUT2D eigenvalue weighted by atomic mass is 32.2. The van der Waals surface area contributed by atoms with Crippen LogP contribution in [0.3, 0.4) is 0 Å². The molecule has 0 radical (unpaired) electrons. The first-order valence-corrected chi connectivity index (χ1v) is 10.3. The Labute approximate surface area is 145 Å². The van der Waals surface area contributed by atoms with Gasteiger partial charge in [0.05, 0.1) is 5.69 Å². The van der Waals surface area contributed by atoms with Gasteiger partial charge in [0.2, 0.25) is 5.91 Å². The van der Waals surface area contributed by atoms with Crippen molar-refractivity contribution in [2.45, 2.75) is 30.4 Å². The molecule has 1 aliphatic heterocycles. The van der Waals surface area contributed by atoms with Crippen LogP contribution in [0.25, 0.3) is 0 Å². The van der Waals surface area contributed by atoms with Gasteiger partial charge in [0, 0.05) is 23.0 Å². The van der Waals surface area contributed by atoms with E-state index in [0.717, 1.165) is 35.4 Å². The number of nitrogens with one attached hydrogen (secondary N) is 1. The minimum atomic E-state index is -3.59. The van der Waals surface area contributed by atoms with Gasteiger partial charge in [0.15, 0.2) is 0 Å². The summed E-state index contributed by atoms with van der Waals surface area (Å²) < 4.78 is 27.9. The molecule has 126 valence electrons. The van der Waals surface area contributed by atoms with Gasteiger partial charge >= 0.3 is 0 Å². The molecule has 5 nitrogen and oxygen atoms in total. The monoisotopic (exact) mass is 362 g/mol. The summed E-state index contributed by atoms with van der Waals surface area (Å²) in [5.41, 5.74) is 2.43. The van der Waals surface area contributed by atoms with Crippen LogP contribution in [0.15, 0.2) is 34.5 Å². The number of aryl methyl sites for hydroxylation is 1. The first-order chi connectivity index (χ1) is 11.4. The zero-order valence-corrected chi connectivity index (χ0v) is 14.9. The summed E-state index contributed by atoms with van der Waals surface area (Å²) in [7, 11) is -3.59. The van der Waals surface area contributed by atoms with Gasteiger partial charge in [-0.25, -0.2) is 8.42 Å². The van der Waals surface area contributed by atoms with Crippen molar-refractivity contribution in [3.63, 3.8) is 0 Å². The number of anilines is 2. The minimum Gasteiger partial charge on any atom is -0.312 e. The van der Waals surface area contributed by atoms with Gasteiger partial charge in [-0.05, 0) is 56.0 Å². The van der Waals surface area contributed by atoms with Crippen LogP contribution in [-0.2, 0) is 21.2 Å². The Bertz CT molecular complexity index is 914. The number of amides is 1. The fourth-order valence-corrected chi connectivity index (χ4v) is 5.32. The van der Waals surface area contributed by atoms with Crippen molar-refractivity contribution in [1.82, 2.24) is 0 Å². The molecule has 2 heterocycles. The van der Waals surface area contributed by atoms with Crippen molar-refractivity contribution in [2.75, 3.05) is 16.2 Å². The summed E-state index contributed by atoms with van der Waals surface area (Å²) in [6.07, 6.45) is 2.76. The zero-order chi connectivity index (χ0) is 16.9. The van der Waals surface area contributed by atoms with E-state index in [1.54, 1.807) is 29.2 Å². The Balaban J connectivity index is 1.61. The number of nitrogens with zero attached hydrogens (tertiary/aromatic N) is 1. The van der Waals surface area contributed by atoms with E-state index in [1.807, 2.05) is 13.0 Å². The van der Waals surface area contributed by atoms with Gasteiger partial charge in [0.1, 0.15) is 4.21 Å². The number of hydrogen-bond donors (Lipinski definition) is 1. The lowest BCUT2D eigenvalue weighted by molar-refractivity contribution is -0.119. The largest absolute Gasteiger partial charge is 0.312 e. The third-order valence-corrected chi connectivity index (χ3v) is 7.28. The van der Waals surface area contributed by atoms with Crippen molar-refractivity contribution < 1.29 is 13.2 Å². The number of sulfonamides is 1. The summed E-state index contributed by atoms with van der Waals surface area (Å²) >= 11 is 1.24. The summed E-state index contributed by atoms with van der Waals surface area (Å²) in [6, 6.07) is 8.85. The smallest absolute Gasteiger partial charge is 0.271 e. The second kappa shape index (κ2) is 5.60. The Morgan fingerprint density at radius 3 is 2.71 bits per heavy atom. The molecule has 0 bridgehead atoms. The van der Waals surface area contributed by atoms with Crippen LogP contribution in [0.5, 0.6) is 0 Å². The fourth-order valence-electron chi connectivity index (χ4n) is 2.98. The molecule has 1 aromatic carbocycles. The molecule has 1 fully saturated rings. The number of fused-ring (bicyclic) bond motifs is 1. The molecule has 4 rings (SSSR count). The van der Waals surface area contributed by atoms with E-state index in [4.69, 9.17) is 0 Å². The molecule has 1 aromatic heterocycles. The molecular weight excluding hydrogens is 344 g/mol. The predicted octanol–water partition coefficient (Wildman–Crippen LogP) is 3.16. The van der Waals surface area contributed by atoms with E-state index in [0.29, 0.717) is 16.4 Å².